The van der Waals surface area contributed by atoms with Crippen LogP contribution in [0.2, 0.25) is 0 Å². The van der Waals surface area contributed by atoms with Gasteiger partial charge in [0.15, 0.2) is 0 Å². The number of carbonyl (C=O) groups is 1. The van der Waals surface area contributed by atoms with Crippen LogP contribution in [0.25, 0.3) is 0 Å². The topological polar surface area (TPSA) is 64.3 Å². The van der Waals surface area contributed by atoms with Gasteiger partial charge in [0, 0.05) is 24.7 Å². The van der Waals surface area contributed by atoms with Crippen LogP contribution in [0, 0.1) is 0 Å². The van der Waals surface area contributed by atoms with Gasteiger partial charge in [-0.2, -0.15) is 0 Å². The fourth-order valence-electron chi connectivity index (χ4n) is 1.38. The summed E-state index contributed by atoms with van der Waals surface area (Å²) in [5.41, 5.74) is 6.49. The highest BCUT2D eigenvalue weighted by Crippen LogP contribution is 2.15. The average molecular weight is 338 g/mol. The third kappa shape index (κ3) is 5.82. The normalized spacial score (nSPS) is 11.5. The largest absolute Gasteiger partial charge is 0.380 e. The van der Waals surface area contributed by atoms with E-state index in [1.165, 1.54) is 0 Å². The zero-order valence-corrected chi connectivity index (χ0v) is 12.6. The molecule has 1 unspecified atom stereocenters. The van der Waals surface area contributed by atoms with Crippen molar-refractivity contribution in [2.45, 2.75) is 19.1 Å². The minimum Gasteiger partial charge on any atom is -0.380 e. The van der Waals surface area contributed by atoms with Crippen LogP contribution < -0.4 is 11.1 Å². The first-order chi connectivity index (χ1) is 8.17. The van der Waals surface area contributed by atoms with Crippen molar-refractivity contribution in [3.8, 4) is 0 Å². The summed E-state index contributed by atoms with van der Waals surface area (Å²) >= 11 is 3.43. The van der Waals surface area contributed by atoms with Gasteiger partial charge >= 0.3 is 0 Å². The van der Waals surface area contributed by atoms with Gasteiger partial charge in [0.1, 0.15) is 0 Å². The third-order valence-corrected chi connectivity index (χ3v) is 3.22. The minimum atomic E-state index is -0.214. The van der Waals surface area contributed by atoms with Gasteiger partial charge in [0.05, 0.1) is 12.5 Å². The van der Waals surface area contributed by atoms with E-state index in [4.69, 9.17) is 10.5 Å². The van der Waals surface area contributed by atoms with E-state index in [1.807, 2.05) is 24.3 Å². The molecule has 4 nitrogen and oxygen atoms in total. The predicted octanol–water partition coefficient (Wildman–Crippen LogP) is 1.85. The fraction of sp³-hybridized carbons (Fsp3) is 0.417. The van der Waals surface area contributed by atoms with Crippen molar-refractivity contribution >= 4 is 34.2 Å². The second-order valence-electron chi connectivity index (χ2n) is 3.67. The Hall–Kier alpha value is -0.620. The van der Waals surface area contributed by atoms with Crippen molar-refractivity contribution in [3.05, 3.63) is 34.3 Å². The lowest BCUT2D eigenvalue weighted by Crippen LogP contribution is -2.31. The standard InChI is InChI=1S/C12H17BrN2O2.ClH/c1-17-10(7-14)6-12(16)15-8-9-4-2-3-5-11(9)13;/h2-5,10H,6-8,14H2,1H3,(H,15,16);1H. The van der Waals surface area contributed by atoms with Crippen LogP contribution in [-0.2, 0) is 16.1 Å². The molecule has 18 heavy (non-hydrogen) atoms. The molecule has 0 aliphatic rings. The summed E-state index contributed by atoms with van der Waals surface area (Å²) in [6, 6.07) is 7.77. The Kier molecular flexibility index (Phi) is 9.01. The van der Waals surface area contributed by atoms with Crippen LogP contribution in [0.4, 0.5) is 0 Å². The van der Waals surface area contributed by atoms with E-state index < -0.39 is 0 Å². The zero-order chi connectivity index (χ0) is 12.7. The SMILES string of the molecule is COC(CN)CC(=O)NCc1ccccc1Br.Cl. The van der Waals surface area contributed by atoms with Gasteiger partial charge in [-0.25, -0.2) is 0 Å². The lowest BCUT2D eigenvalue weighted by Gasteiger charge is -2.13. The van der Waals surface area contributed by atoms with Crippen LogP contribution >= 0.6 is 28.3 Å². The van der Waals surface area contributed by atoms with Gasteiger partial charge in [-0.15, -0.1) is 12.4 Å². The fourth-order valence-corrected chi connectivity index (χ4v) is 1.80. The molecule has 3 N–H and O–H groups in total. The number of hydrogen-bond donors (Lipinski definition) is 2. The molecule has 0 spiro atoms. The molecule has 0 aromatic heterocycles. The number of benzene rings is 1. The van der Waals surface area contributed by atoms with Crippen LogP contribution in [-0.4, -0.2) is 25.7 Å². The highest BCUT2D eigenvalue weighted by molar-refractivity contribution is 9.10. The maximum absolute atomic E-state index is 11.6. The lowest BCUT2D eigenvalue weighted by atomic mass is 10.2. The van der Waals surface area contributed by atoms with Gasteiger partial charge in [0.2, 0.25) is 5.91 Å². The first-order valence-electron chi connectivity index (χ1n) is 5.40. The molecule has 0 aliphatic heterocycles. The molecule has 1 aromatic rings. The van der Waals surface area contributed by atoms with Crippen LogP contribution in [0.15, 0.2) is 28.7 Å². The van der Waals surface area contributed by atoms with E-state index >= 15 is 0 Å². The van der Waals surface area contributed by atoms with Crippen molar-refractivity contribution in [1.29, 1.82) is 0 Å². The molecule has 0 radical (unpaired) electrons. The van der Waals surface area contributed by atoms with Crippen molar-refractivity contribution in [3.63, 3.8) is 0 Å². The van der Waals surface area contributed by atoms with E-state index in [0.29, 0.717) is 13.1 Å². The Morgan fingerprint density at radius 2 is 2.17 bits per heavy atom. The maximum atomic E-state index is 11.6. The molecule has 102 valence electrons. The molecule has 0 fully saturated rings. The smallest absolute Gasteiger partial charge is 0.222 e. The quantitative estimate of drug-likeness (QED) is 0.832. The predicted molar refractivity (Wildman–Crippen MR) is 77.7 cm³/mol. The molecule has 1 atom stereocenters. The van der Waals surface area contributed by atoms with E-state index in [9.17, 15) is 4.79 Å². The zero-order valence-electron chi connectivity index (χ0n) is 10.2. The molecular weight excluding hydrogens is 320 g/mol. The molecule has 0 heterocycles. The van der Waals surface area contributed by atoms with E-state index in [1.54, 1.807) is 7.11 Å². The highest BCUT2D eigenvalue weighted by Gasteiger charge is 2.11. The van der Waals surface area contributed by atoms with Crippen molar-refractivity contribution in [1.82, 2.24) is 5.32 Å². The van der Waals surface area contributed by atoms with Gasteiger partial charge in [0.25, 0.3) is 0 Å². The number of nitrogens with one attached hydrogen (secondary N) is 1. The van der Waals surface area contributed by atoms with Crippen molar-refractivity contribution < 1.29 is 9.53 Å². The van der Waals surface area contributed by atoms with Crippen LogP contribution in [0.1, 0.15) is 12.0 Å². The summed E-state index contributed by atoms with van der Waals surface area (Å²) in [6.45, 7) is 0.847. The summed E-state index contributed by atoms with van der Waals surface area (Å²) in [7, 11) is 1.55. The lowest BCUT2D eigenvalue weighted by molar-refractivity contribution is -0.123. The molecule has 1 amide bonds. The van der Waals surface area contributed by atoms with Gasteiger partial charge in [-0.05, 0) is 11.6 Å². The van der Waals surface area contributed by atoms with E-state index in [-0.39, 0.29) is 30.8 Å². The summed E-state index contributed by atoms with van der Waals surface area (Å²) in [5, 5.41) is 2.83. The third-order valence-electron chi connectivity index (χ3n) is 2.44. The first-order valence-corrected chi connectivity index (χ1v) is 6.19. The maximum Gasteiger partial charge on any atom is 0.222 e. The molecule has 0 saturated carbocycles. The number of amides is 1. The summed E-state index contributed by atoms with van der Waals surface area (Å²) in [5.74, 6) is -0.0574. The number of halogens is 2. The monoisotopic (exact) mass is 336 g/mol. The summed E-state index contributed by atoms with van der Waals surface area (Å²) in [6.07, 6.45) is 0.0754. The van der Waals surface area contributed by atoms with E-state index in [0.717, 1.165) is 10.0 Å². The average Bonchev–Trinajstić information content (AvgIpc) is 2.35. The molecule has 1 rings (SSSR count). The molecule has 0 aliphatic carbocycles. The first kappa shape index (κ1) is 17.4. The molecule has 0 bridgehead atoms. The number of ether oxygens (including phenoxy) is 1. The number of nitrogens with two attached hydrogens (primary N) is 1. The molecule has 0 saturated heterocycles. The van der Waals surface area contributed by atoms with Gasteiger partial charge < -0.3 is 15.8 Å². The Bertz CT molecular complexity index is 373. The number of hydrogen-bond acceptors (Lipinski definition) is 3. The Morgan fingerprint density at radius 1 is 1.50 bits per heavy atom. The van der Waals surface area contributed by atoms with Gasteiger partial charge in [-0.3, -0.25) is 4.79 Å². The van der Waals surface area contributed by atoms with Crippen LogP contribution in [0.3, 0.4) is 0 Å². The van der Waals surface area contributed by atoms with Gasteiger partial charge in [-0.1, -0.05) is 34.1 Å². The molecule has 1 aromatic carbocycles. The van der Waals surface area contributed by atoms with E-state index in [2.05, 4.69) is 21.2 Å². The second-order valence-corrected chi connectivity index (χ2v) is 4.52. The number of methoxy groups -OCH3 is 1. The Balaban J connectivity index is 0.00000289. The minimum absolute atomic E-state index is 0. The molecular formula is C12H18BrClN2O2. The summed E-state index contributed by atoms with van der Waals surface area (Å²) < 4.78 is 6.04. The number of carbonyl (C=O) groups excluding carboxylic acids is 1. The summed E-state index contributed by atoms with van der Waals surface area (Å²) in [4.78, 5) is 11.6. The van der Waals surface area contributed by atoms with Crippen molar-refractivity contribution in [2.75, 3.05) is 13.7 Å². The number of rotatable bonds is 6. The van der Waals surface area contributed by atoms with Crippen LogP contribution in [0.5, 0.6) is 0 Å². The Morgan fingerprint density at radius 3 is 2.72 bits per heavy atom. The highest BCUT2D eigenvalue weighted by atomic mass is 79.9. The Labute approximate surface area is 122 Å². The second kappa shape index (κ2) is 9.33. The molecule has 6 heteroatoms. The van der Waals surface area contributed by atoms with Crippen molar-refractivity contribution in [2.24, 2.45) is 5.73 Å².